The predicted molar refractivity (Wildman–Crippen MR) is 128 cm³/mol. The summed E-state index contributed by atoms with van der Waals surface area (Å²) in [4.78, 5) is 29.5. The summed E-state index contributed by atoms with van der Waals surface area (Å²) in [6.07, 6.45) is 2.95. The Morgan fingerprint density at radius 2 is 2.03 bits per heavy atom. The van der Waals surface area contributed by atoms with Crippen molar-refractivity contribution in [1.29, 1.82) is 0 Å². The molecule has 2 aromatic heterocycles. The second kappa shape index (κ2) is 9.77. The van der Waals surface area contributed by atoms with Gasteiger partial charge in [0.2, 0.25) is 5.91 Å². The number of hydrogen-bond acceptors (Lipinski definition) is 10. The molecule has 13 nitrogen and oxygen atoms in total. The third kappa shape index (κ3) is 4.91. The number of anilines is 3. The van der Waals surface area contributed by atoms with Gasteiger partial charge in [0.1, 0.15) is 18.2 Å². The highest BCUT2D eigenvalue weighted by atomic mass is 16.6. The first-order valence-electron chi connectivity index (χ1n) is 12.7. The minimum atomic E-state index is -2.76. The summed E-state index contributed by atoms with van der Waals surface area (Å²) < 4.78 is 40.7. The van der Waals surface area contributed by atoms with Crippen LogP contribution in [0.5, 0.6) is 11.5 Å². The molecular formula is C23H26N8O5. The van der Waals surface area contributed by atoms with E-state index >= 15 is 0 Å². The van der Waals surface area contributed by atoms with Crippen molar-refractivity contribution < 1.29 is 27.9 Å². The molecule has 0 radical (unpaired) electrons. The maximum atomic E-state index is 12.8. The van der Waals surface area contributed by atoms with Gasteiger partial charge in [0.15, 0.2) is 23.1 Å². The lowest BCUT2D eigenvalue weighted by Crippen LogP contribution is -2.38. The monoisotopic (exact) mass is 497 g/mol. The van der Waals surface area contributed by atoms with Crippen LogP contribution >= 0.6 is 0 Å². The zero-order chi connectivity index (χ0) is 27.7. The Morgan fingerprint density at radius 1 is 1.19 bits per heavy atom. The maximum Gasteiger partial charge on any atom is 0.273 e. The highest BCUT2D eigenvalue weighted by Crippen LogP contribution is 2.41. The Bertz CT molecular complexity index is 1400. The number of nitrogens with zero attached hydrogens (tertiary/aromatic N) is 5. The van der Waals surface area contributed by atoms with Crippen LogP contribution in [0.4, 0.5) is 17.2 Å². The van der Waals surface area contributed by atoms with Crippen molar-refractivity contribution in [2.45, 2.75) is 18.9 Å². The molecule has 5 rings (SSSR count). The zero-order valence-corrected chi connectivity index (χ0v) is 19.6. The van der Waals surface area contributed by atoms with Gasteiger partial charge in [0.05, 0.1) is 37.3 Å². The number of amides is 2. The zero-order valence-electron chi connectivity index (χ0n) is 22.6. The number of aromatic nitrogens is 5. The first-order chi connectivity index (χ1) is 18.6. The molecule has 0 bridgehead atoms. The average molecular weight is 498 g/mol. The fourth-order valence-electron chi connectivity index (χ4n) is 3.58. The molecule has 2 fully saturated rings. The maximum absolute atomic E-state index is 12.8. The highest BCUT2D eigenvalue weighted by molar-refractivity contribution is 6.00. The molecule has 3 aromatic rings. The smallest absolute Gasteiger partial charge is 0.273 e. The largest absolute Gasteiger partial charge is 0.494 e. The van der Waals surface area contributed by atoms with E-state index in [9.17, 15) is 9.59 Å². The normalized spacial score (nSPS) is 16.7. The molecule has 3 heterocycles. The Balaban J connectivity index is 1.57. The first kappa shape index (κ1) is 20.0. The average Bonchev–Trinajstić information content (AvgIpc) is 3.61. The fraction of sp³-hybridized carbons (Fsp3) is 0.391. The quantitative estimate of drug-likeness (QED) is 0.396. The molecule has 2 amide bonds. The molecule has 1 aliphatic carbocycles. The molecule has 1 saturated heterocycles. The number of ether oxygens (including phenoxy) is 3. The molecule has 1 saturated carbocycles. The van der Waals surface area contributed by atoms with Crippen LogP contribution in [0.15, 0.2) is 24.5 Å². The van der Waals surface area contributed by atoms with Gasteiger partial charge in [-0.15, -0.1) is 10.2 Å². The molecular weight excluding hydrogens is 468 g/mol. The van der Waals surface area contributed by atoms with Crippen LogP contribution < -0.4 is 25.4 Å². The molecule has 188 valence electrons. The van der Waals surface area contributed by atoms with Gasteiger partial charge in [-0.2, -0.15) is 5.10 Å². The van der Waals surface area contributed by atoms with E-state index in [-0.39, 0.29) is 35.1 Å². The first-order valence-corrected chi connectivity index (χ1v) is 11.2. The number of hydrogen-bond donors (Lipinski definition) is 3. The molecule has 0 unspecified atom stereocenters. The SMILES string of the molecule is [2H]C([2H])([2H])NC(=O)c1nnc(NC(=O)C2CC2)cc1Nc1cc(OC2COC2)cc(-c2ncn(C)n2)c1OC. The summed E-state index contributed by atoms with van der Waals surface area (Å²) >= 11 is 0. The predicted octanol–water partition coefficient (Wildman–Crippen LogP) is 1.51. The van der Waals surface area contributed by atoms with Crippen molar-refractivity contribution in [1.82, 2.24) is 30.3 Å². The van der Waals surface area contributed by atoms with Gasteiger partial charge in [-0.05, 0) is 18.9 Å². The van der Waals surface area contributed by atoms with Crippen LogP contribution in [0.1, 0.15) is 27.4 Å². The molecule has 3 N–H and O–H groups in total. The van der Waals surface area contributed by atoms with Crippen molar-refractivity contribution in [2.24, 2.45) is 13.0 Å². The lowest BCUT2D eigenvalue weighted by molar-refractivity contribution is -0.117. The summed E-state index contributed by atoms with van der Waals surface area (Å²) in [7, 11) is 3.19. The summed E-state index contributed by atoms with van der Waals surface area (Å²) in [6, 6.07) is 4.77. The standard InChI is InChI=1S/C23H26N8O5/c1-24-23(33)19-16(8-18(28-29-19)27-22(32)12-4-5-12)26-17-7-13(36-14-9-35-10-14)6-15(20(17)34-3)21-25-11-31(2)30-21/h6-8,11-12,14H,4-5,9-10H2,1-3H3,(H,24,33)(H2,26,27,28,32)/i1D3. The van der Waals surface area contributed by atoms with E-state index in [1.54, 1.807) is 19.2 Å². The molecule has 1 aliphatic heterocycles. The van der Waals surface area contributed by atoms with Crippen LogP contribution in [-0.2, 0) is 16.6 Å². The lowest BCUT2D eigenvalue weighted by Gasteiger charge is -2.27. The second-order valence-corrected chi connectivity index (χ2v) is 8.41. The van der Waals surface area contributed by atoms with Crippen LogP contribution in [0.25, 0.3) is 11.4 Å². The molecule has 0 spiro atoms. The Kier molecular flexibility index (Phi) is 5.43. The molecule has 0 atom stereocenters. The summed E-state index contributed by atoms with van der Waals surface area (Å²) in [5.41, 5.74) is 0.596. The van der Waals surface area contributed by atoms with Gasteiger partial charge < -0.3 is 30.2 Å². The van der Waals surface area contributed by atoms with Crippen LogP contribution in [0, 0.1) is 5.92 Å². The molecule has 2 aliphatic rings. The van der Waals surface area contributed by atoms with E-state index in [0.29, 0.717) is 41.8 Å². The minimum absolute atomic E-state index is 0.0696. The number of methoxy groups -OCH3 is 1. The summed E-state index contributed by atoms with van der Waals surface area (Å²) in [5.74, 6) is -0.0843. The van der Waals surface area contributed by atoms with Crippen LogP contribution in [0.2, 0.25) is 0 Å². The van der Waals surface area contributed by atoms with Crippen molar-refractivity contribution in [2.75, 3.05) is 37.9 Å². The van der Waals surface area contributed by atoms with Crippen LogP contribution in [0.3, 0.4) is 0 Å². The Hall–Kier alpha value is -4.26. The van der Waals surface area contributed by atoms with Gasteiger partial charge in [-0.25, -0.2) is 4.98 Å². The van der Waals surface area contributed by atoms with E-state index < -0.39 is 12.9 Å². The molecule has 1 aromatic carbocycles. The van der Waals surface area contributed by atoms with E-state index in [1.165, 1.54) is 24.2 Å². The van der Waals surface area contributed by atoms with Crippen molar-refractivity contribution >= 4 is 29.0 Å². The van der Waals surface area contributed by atoms with Crippen LogP contribution in [-0.4, -0.2) is 70.2 Å². The van der Waals surface area contributed by atoms with E-state index in [1.807, 2.05) is 5.32 Å². The van der Waals surface area contributed by atoms with Gasteiger partial charge in [0.25, 0.3) is 5.91 Å². The van der Waals surface area contributed by atoms with Gasteiger partial charge in [-0.1, -0.05) is 0 Å². The molecule has 13 heteroatoms. The van der Waals surface area contributed by atoms with E-state index in [2.05, 4.69) is 30.9 Å². The Morgan fingerprint density at radius 3 is 2.67 bits per heavy atom. The van der Waals surface area contributed by atoms with Crippen molar-refractivity contribution in [3.63, 3.8) is 0 Å². The number of aryl methyl sites for hydroxylation is 1. The third-order valence-corrected chi connectivity index (χ3v) is 5.61. The lowest BCUT2D eigenvalue weighted by atomic mass is 10.1. The van der Waals surface area contributed by atoms with E-state index in [0.717, 1.165) is 12.8 Å². The molecule has 36 heavy (non-hydrogen) atoms. The van der Waals surface area contributed by atoms with Gasteiger partial charge in [-0.3, -0.25) is 14.3 Å². The summed E-state index contributed by atoms with van der Waals surface area (Å²) in [6.45, 7) is -1.89. The van der Waals surface area contributed by atoms with E-state index in [4.69, 9.17) is 18.3 Å². The Labute approximate surface area is 210 Å². The highest BCUT2D eigenvalue weighted by Gasteiger charge is 2.30. The minimum Gasteiger partial charge on any atom is -0.494 e. The fourth-order valence-corrected chi connectivity index (χ4v) is 3.58. The van der Waals surface area contributed by atoms with Crippen molar-refractivity contribution in [3.05, 3.63) is 30.2 Å². The number of rotatable bonds is 9. The second-order valence-electron chi connectivity index (χ2n) is 8.41. The number of carbonyl (C=O) groups is 2. The van der Waals surface area contributed by atoms with Gasteiger partial charge >= 0.3 is 0 Å². The van der Waals surface area contributed by atoms with Crippen molar-refractivity contribution in [3.8, 4) is 22.9 Å². The number of nitrogens with one attached hydrogen (secondary N) is 3. The van der Waals surface area contributed by atoms with Gasteiger partial charge in [0, 0.05) is 36.2 Å². The number of carbonyl (C=O) groups excluding carboxylic acids is 2. The number of benzene rings is 1. The summed E-state index contributed by atoms with van der Waals surface area (Å²) in [5, 5.41) is 19.9. The third-order valence-electron chi connectivity index (χ3n) is 5.61. The topological polar surface area (TPSA) is 154 Å².